The minimum Gasteiger partial charge on any atom is -0.399 e. The summed E-state index contributed by atoms with van der Waals surface area (Å²) >= 11 is 0. The van der Waals surface area contributed by atoms with Crippen LogP contribution in [-0.2, 0) is 6.54 Å². The van der Waals surface area contributed by atoms with Gasteiger partial charge in [0.15, 0.2) is 0 Å². The average molecular weight is 212 g/mol. The summed E-state index contributed by atoms with van der Waals surface area (Å²) in [5.41, 5.74) is 8.25. The van der Waals surface area contributed by atoms with Gasteiger partial charge in [0.1, 0.15) is 12.4 Å². The highest BCUT2D eigenvalue weighted by Crippen LogP contribution is 2.20. The Bertz CT molecular complexity index is 548. The molecular formula is C12H12N4. The maximum atomic E-state index is 8.73. The summed E-state index contributed by atoms with van der Waals surface area (Å²) in [5.74, 6) is 0.784. The molecule has 2 aromatic rings. The molecule has 1 aromatic carbocycles. The fourth-order valence-electron chi connectivity index (χ4n) is 1.65. The summed E-state index contributed by atoms with van der Waals surface area (Å²) in [6.07, 6.45) is 1.86. The number of benzene rings is 1. The molecular weight excluding hydrogens is 200 g/mol. The predicted molar refractivity (Wildman–Crippen MR) is 62.4 cm³/mol. The third kappa shape index (κ3) is 1.89. The minimum absolute atomic E-state index is 0.297. The summed E-state index contributed by atoms with van der Waals surface area (Å²) in [7, 11) is 0. The lowest BCUT2D eigenvalue weighted by molar-refractivity contribution is 0.840. The zero-order valence-corrected chi connectivity index (χ0v) is 9.01. The van der Waals surface area contributed by atoms with Gasteiger partial charge in [-0.1, -0.05) is 12.1 Å². The molecule has 1 aromatic heterocycles. The number of nitriles is 1. The molecule has 2 rings (SSSR count). The molecule has 4 nitrogen and oxygen atoms in total. The van der Waals surface area contributed by atoms with E-state index in [2.05, 4.69) is 11.1 Å². The Hall–Kier alpha value is -2.28. The zero-order chi connectivity index (χ0) is 11.5. The van der Waals surface area contributed by atoms with Crippen LogP contribution in [0.5, 0.6) is 0 Å². The predicted octanol–water partition coefficient (Wildman–Crippen LogP) is 1.96. The highest BCUT2D eigenvalue weighted by atomic mass is 15.1. The first-order valence-corrected chi connectivity index (χ1v) is 4.97. The Labute approximate surface area is 94.0 Å². The molecule has 2 N–H and O–H groups in total. The van der Waals surface area contributed by atoms with Crippen molar-refractivity contribution in [1.82, 2.24) is 9.55 Å². The van der Waals surface area contributed by atoms with Crippen LogP contribution in [0.2, 0.25) is 0 Å². The molecule has 0 spiro atoms. The van der Waals surface area contributed by atoms with E-state index in [0.717, 1.165) is 17.1 Å². The quantitative estimate of drug-likeness (QED) is 0.774. The van der Waals surface area contributed by atoms with Crippen molar-refractivity contribution in [3.05, 3.63) is 36.2 Å². The van der Waals surface area contributed by atoms with Crippen LogP contribution in [0.15, 0.2) is 30.5 Å². The molecule has 0 saturated carbocycles. The van der Waals surface area contributed by atoms with E-state index in [-0.39, 0.29) is 0 Å². The standard InChI is InChI=1S/C12H12N4/c1-9-8-16(6-5-13)12(15-9)10-3-2-4-11(14)7-10/h2-4,7-8H,6,14H2,1H3. The number of hydrogen-bond acceptors (Lipinski definition) is 3. The van der Waals surface area contributed by atoms with Gasteiger partial charge in [0.25, 0.3) is 0 Å². The van der Waals surface area contributed by atoms with E-state index < -0.39 is 0 Å². The van der Waals surface area contributed by atoms with Gasteiger partial charge >= 0.3 is 0 Å². The van der Waals surface area contributed by atoms with Crippen molar-refractivity contribution in [2.75, 3.05) is 5.73 Å². The summed E-state index contributed by atoms with van der Waals surface area (Å²) in [6.45, 7) is 2.20. The summed E-state index contributed by atoms with van der Waals surface area (Å²) < 4.78 is 1.82. The lowest BCUT2D eigenvalue weighted by Crippen LogP contribution is -1.97. The Kier molecular flexibility index (Phi) is 2.61. The summed E-state index contributed by atoms with van der Waals surface area (Å²) in [4.78, 5) is 4.40. The molecule has 0 saturated heterocycles. The Morgan fingerprint density at radius 3 is 3.00 bits per heavy atom. The van der Waals surface area contributed by atoms with Gasteiger partial charge in [-0.05, 0) is 19.1 Å². The Balaban J connectivity index is 2.51. The molecule has 0 atom stereocenters. The number of anilines is 1. The van der Waals surface area contributed by atoms with Crippen molar-refractivity contribution in [1.29, 1.82) is 5.26 Å². The van der Waals surface area contributed by atoms with Crippen molar-refractivity contribution in [3.63, 3.8) is 0 Å². The molecule has 0 amide bonds. The normalized spacial score (nSPS) is 10.0. The second-order valence-corrected chi connectivity index (χ2v) is 3.62. The monoisotopic (exact) mass is 212 g/mol. The number of nitrogens with two attached hydrogens (primary N) is 1. The fourth-order valence-corrected chi connectivity index (χ4v) is 1.65. The fraction of sp³-hybridized carbons (Fsp3) is 0.167. The largest absolute Gasteiger partial charge is 0.399 e. The first-order chi connectivity index (χ1) is 7.70. The van der Waals surface area contributed by atoms with Crippen LogP contribution >= 0.6 is 0 Å². The zero-order valence-electron chi connectivity index (χ0n) is 9.01. The molecule has 0 unspecified atom stereocenters. The van der Waals surface area contributed by atoms with E-state index in [1.165, 1.54) is 0 Å². The molecule has 0 aliphatic carbocycles. The smallest absolute Gasteiger partial charge is 0.141 e. The van der Waals surface area contributed by atoms with E-state index in [1.54, 1.807) is 0 Å². The maximum Gasteiger partial charge on any atom is 0.141 e. The SMILES string of the molecule is Cc1cn(CC#N)c(-c2cccc(N)c2)n1. The minimum atomic E-state index is 0.297. The lowest BCUT2D eigenvalue weighted by Gasteiger charge is -2.03. The van der Waals surface area contributed by atoms with Gasteiger partial charge in [-0.3, -0.25) is 0 Å². The van der Waals surface area contributed by atoms with Crippen molar-refractivity contribution in [3.8, 4) is 17.5 Å². The number of imidazole rings is 1. The van der Waals surface area contributed by atoms with Gasteiger partial charge in [-0.15, -0.1) is 0 Å². The molecule has 0 aliphatic rings. The Morgan fingerprint density at radius 2 is 2.31 bits per heavy atom. The molecule has 0 fully saturated rings. The number of hydrogen-bond donors (Lipinski definition) is 1. The van der Waals surface area contributed by atoms with E-state index >= 15 is 0 Å². The van der Waals surface area contributed by atoms with Gasteiger partial charge in [0.05, 0.1) is 11.8 Å². The van der Waals surface area contributed by atoms with Crippen LogP contribution < -0.4 is 5.73 Å². The molecule has 0 bridgehead atoms. The highest BCUT2D eigenvalue weighted by molar-refractivity contribution is 5.61. The van der Waals surface area contributed by atoms with Gasteiger partial charge in [0, 0.05) is 17.4 Å². The van der Waals surface area contributed by atoms with Crippen LogP contribution in [0.25, 0.3) is 11.4 Å². The third-order valence-electron chi connectivity index (χ3n) is 2.28. The molecule has 0 radical (unpaired) electrons. The van der Waals surface area contributed by atoms with Crippen LogP contribution in [0.4, 0.5) is 5.69 Å². The second kappa shape index (κ2) is 4.07. The van der Waals surface area contributed by atoms with E-state index in [9.17, 15) is 0 Å². The second-order valence-electron chi connectivity index (χ2n) is 3.62. The van der Waals surface area contributed by atoms with Crippen molar-refractivity contribution in [2.45, 2.75) is 13.5 Å². The maximum absolute atomic E-state index is 8.73. The van der Waals surface area contributed by atoms with E-state index in [0.29, 0.717) is 12.2 Å². The highest BCUT2D eigenvalue weighted by Gasteiger charge is 2.07. The molecule has 4 heteroatoms. The van der Waals surface area contributed by atoms with Crippen LogP contribution in [0.1, 0.15) is 5.69 Å². The van der Waals surface area contributed by atoms with Crippen LogP contribution in [-0.4, -0.2) is 9.55 Å². The molecule has 80 valence electrons. The van der Waals surface area contributed by atoms with Gasteiger partial charge < -0.3 is 10.3 Å². The van der Waals surface area contributed by atoms with Gasteiger partial charge in [-0.25, -0.2) is 4.98 Å². The summed E-state index contributed by atoms with van der Waals surface area (Å²) in [5, 5.41) is 8.73. The number of aromatic nitrogens is 2. The number of nitrogen functional groups attached to an aromatic ring is 1. The average Bonchev–Trinajstić information content (AvgIpc) is 2.60. The summed E-state index contributed by atoms with van der Waals surface area (Å²) in [6, 6.07) is 9.61. The number of nitrogens with zero attached hydrogens (tertiary/aromatic N) is 3. The van der Waals surface area contributed by atoms with E-state index in [1.807, 2.05) is 42.0 Å². The van der Waals surface area contributed by atoms with Crippen LogP contribution in [0, 0.1) is 18.3 Å². The third-order valence-corrected chi connectivity index (χ3v) is 2.28. The molecule has 16 heavy (non-hydrogen) atoms. The lowest BCUT2D eigenvalue weighted by atomic mass is 10.2. The first-order valence-electron chi connectivity index (χ1n) is 4.97. The van der Waals surface area contributed by atoms with Gasteiger partial charge in [0.2, 0.25) is 0 Å². The first kappa shape index (κ1) is 10.2. The van der Waals surface area contributed by atoms with Crippen molar-refractivity contribution >= 4 is 5.69 Å². The van der Waals surface area contributed by atoms with Gasteiger partial charge in [-0.2, -0.15) is 5.26 Å². The number of aryl methyl sites for hydroxylation is 1. The van der Waals surface area contributed by atoms with Crippen molar-refractivity contribution in [2.24, 2.45) is 0 Å². The van der Waals surface area contributed by atoms with Crippen molar-refractivity contribution < 1.29 is 0 Å². The van der Waals surface area contributed by atoms with E-state index in [4.69, 9.17) is 11.0 Å². The molecule has 1 heterocycles. The topological polar surface area (TPSA) is 67.6 Å². The van der Waals surface area contributed by atoms with Crippen LogP contribution in [0.3, 0.4) is 0 Å². The molecule has 0 aliphatic heterocycles. The number of rotatable bonds is 2. The Morgan fingerprint density at radius 1 is 1.50 bits per heavy atom.